The lowest BCUT2D eigenvalue weighted by molar-refractivity contribution is -0.0586. The minimum absolute atomic E-state index is 0.0312. The molecule has 1 saturated carbocycles. The van der Waals surface area contributed by atoms with Crippen LogP contribution in [0.2, 0.25) is 0 Å². The summed E-state index contributed by atoms with van der Waals surface area (Å²) in [6, 6.07) is 7.30. The molecule has 0 radical (unpaired) electrons. The number of urea groups is 1. The molecule has 1 aliphatic heterocycles. The van der Waals surface area contributed by atoms with Crippen molar-refractivity contribution in [3.05, 3.63) is 35.4 Å². The summed E-state index contributed by atoms with van der Waals surface area (Å²) in [5, 5.41) is 5.72. The minimum atomic E-state index is -0.136. The van der Waals surface area contributed by atoms with Crippen LogP contribution in [0, 0.1) is 5.92 Å². The van der Waals surface area contributed by atoms with E-state index in [-0.39, 0.29) is 24.1 Å². The number of rotatable bonds is 5. The molecular weight excluding hydrogens is 318 g/mol. The van der Waals surface area contributed by atoms with Crippen LogP contribution in [0.3, 0.4) is 0 Å². The molecule has 0 bridgehead atoms. The van der Waals surface area contributed by atoms with E-state index in [1.807, 2.05) is 43.0 Å². The molecule has 3 amide bonds. The van der Waals surface area contributed by atoms with Crippen molar-refractivity contribution in [1.82, 2.24) is 15.5 Å². The molecule has 1 saturated heterocycles. The smallest absolute Gasteiger partial charge is 0.315 e. The molecule has 136 valence electrons. The van der Waals surface area contributed by atoms with Crippen molar-refractivity contribution in [2.75, 3.05) is 19.6 Å². The van der Waals surface area contributed by atoms with Crippen LogP contribution in [0.4, 0.5) is 4.79 Å². The van der Waals surface area contributed by atoms with Crippen molar-refractivity contribution in [3.63, 3.8) is 0 Å². The van der Waals surface area contributed by atoms with Gasteiger partial charge in [0.25, 0.3) is 5.91 Å². The van der Waals surface area contributed by atoms with E-state index in [1.54, 1.807) is 0 Å². The van der Waals surface area contributed by atoms with Gasteiger partial charge in [-0.25, -0.2) is 4.79 Å². The Balaban J connectivity index is 1.49. The minimum Gasteiger partial charge on any atom is -0.372 e. The van der Waals surface area contributed by atoms with Gasteiger partial charge in [0.1, 0.15) is 0 Å². The summed E-state index contributed by atoms with van der Waals surface area (Å²) < 4.78 is 5.67. The Kier molecular flexibility index (Phi) is 5.58. The number of carbonyl (C=O) groups is 2. The second-order valence-electron chi connectivity index (χ2n) is 7.17. The Morgan fingerprint density at radius 1 is 1.08 bits per heavy atom. The third-order valence-electron chi connectivity index (χ3n) is 4.61. The molecule has 3 rings (SSSR count). The number of nitrogens with one attached hydrogen (secondary N) is 2. The summed E-state index contributed by atoms with van der Waals surface area (Å²) in [4.78, 5) is 26.2. The molecule has 1 aliphatic carbocycles. The molecular formula is C19H27N3O3. The Morgan fingerprint density at radius 3 is 2.32 bits per heavy atom. The van der Waals surface area contributed by atoms with Crippen LogP contribution in [0.25, 0.3) is 0 Å². The van der Waals surface area contributed by atoms with E-state index < -0.39 is 0 Å². The lowest BCUT2D eigenvalue weighted by Crippen LogP contribution is -2.48. The predicted molar refractivity (Wildman–Crippen MR) is 95.3 cm³/mol. The fourth-order valence-electron chi connectivity index (χ4n) is 3.10. The van der Waals surface area contributed by atoms with Gasteiger partial charge in [0.2, 0.25) is 0 Å². The fourth-order valence-corrected chi connectivity index (χ4v) is 3.10. The Hall–Kier alpha value is -2.08. The average molecular weight is 345 g/mol. The highest BCUT2D eigenvalue weighted by atomic mass is 16.5. The molecule has 25 heavy (non-hydrogen) atoms. The molecule has 1 aromatic carbocycles. The molecule has 0 spiro atoms. The predicted octanol–water partition coefficient (Wildman–Crippen LogP) is 2.15. The highest BCUT2D eigenvalue weighted by molar-refractivity contribution is 5.94. The summed E-state index contributed by atoms with van der Waals surface area (Å²) in [5.74, 6) is 0.699. The molecule has 1 heterocycles. The fraction of sp³-hybridized carbons (Fsp3) is 0.579. The van der Waals surface area contributed by atoms with Gasteiger partial charge in [0.05, 0.1) is 12.2 Å². The van der Waals surface area contributed by atoms with E-state index in [9.17, 15) is 9.59 Å². The summed E-state index contributed by atoms with van der Waals surface area (Å²) in [5.41, 5.74) is 1.64. The first-order valence-electron chi connectivity index (χ1n) is 9.06. The maximum Gasteiger partial charge on any atom is 0.315 e. The highest BCUT2D eigenvalue weighted by Gasteiger charge is 2.26. The molecule has 2 unspecified atom stereocenters. The quantitative estimate of drug-likeness (QED) is 0.859. The van der Waals surface area contributed by atoms with Gasteiger partial charge in [-0.05, 0) is 50.3 Å². The van der Waals surface area contributed by atoms with Gasteiger partial charge in [0.15, 0.2) is 0 Å². The zero-order valence-corrected chi connectivity index (χ0v) is 15.0. The first-order valence-corrected chi connectivity index (χ1v) is 9.06. The number of benzene rings is 1. The van der Waals surface area contributed by atoms with Crippen LogP contribution in [0.5, 0.6) is 0 Å². The van der Waals surface area contributed by atoms with E-state index >= 15 is 0 Å². The van der Waals surface area contributed by atoms with Crippen molar-refractivity contribution in [2.24, 2.45) is 5.92 Å². The van der Waals surface area contributed by atoms with Crippen LogP contribution in [-0.2, 0) is 11.3 Å². The Bertz CT molecular complexity index is 603. The van der Waals surface area contributed by atoms with Crippen molar-refractivity contribution in [1.29, 1.82) is 0 Å². The highest BCUT2D eigenvalue weighted by Crippen LogP contribution is 2.27. The zero-order valence-electron chi connectivity index (χ0n) is 15.0. The lowest BCUT2D eigenvalue weighted by atomic mass is 10.1. The van der Waals surface area contributed by atoms with Gasteiger partial charge in [-0.3, -0.25) is 4.79 Å². The van der Waals surface area contributed by atoms with Crippen LogP contribution in [0.1, 0.15) is 42.6 Å². The topological polar surface area (TPSA) is 70.7 Å². The molecule has 0 aromatic heterocycles. The molecule has 2 fully saturated rings. The second-order valence-corrected chi connectivity index (χ2v) is 7.17. The zero-order chi connectivity index (χ0) is 17.8. The first-order chi connectivity index (χ1) is 12.0. The van der Waals surface area contributed by atoms with Gasteiger partial charge in [-0.2, -0.15) is 0 Å². The molecule has 6 nitrogen and oxygen atoms in total. The number of nitrogens with zero attached hydrogens (tertiary/aromatic N) is 1. The van der Waals surface area contributed by atoms with E-state index in [4.69, 9.17) is 4.74 Å². The summed E-state index contributed by atoms with van der Waals surface area (Å²) in [6.45, 7) is 6.42. The van der Waals surface area contributed by atoms with Crippen molar-refractivity contribution < 1.29 is 14.3 Å². The third-order valence-corrected chi connectivity index (χ3v) is 4.61. The molecule has 2 N–H and O–H groups in total. The van der Waals surface area contributed by atoms with Crippen molar-refractivity contribution in [2.45, 2.75) is 45.4 Å². The van der Waals surface area contributed by atoms with E-state index in [0.717, 1.165) is 12.1 Å². The molecule has 1 aromatic rings. The SMILES string of the molecule is CC1CN(C(=O)c2ccc(CNC(=O)NCC3CC3)cc2)CC(C)O1. The van der Waals surface area contributed by atoms with Crippen molar-refractivity contribution in [3.8, 4) is 0 Å². The van der Waals surface area contributed by atoms with Gasteiger partial charge in [-0.1, -0.05) is 12.1 Å². The first kappa shape index (κ1) is 17.7. The summed E-state index contributed by atoms with van der Waals surface area (Å²) in [7, 11) is 0. The maximum atomic E-state index is 12.6. The number of hydrogen-bond acceptors (Lipinski definition) is 3. The van der Waals surface area contributed by atoms with Crippen LogP contribution < -0.4 is 10.6 Å². The number of morpholine rings is 1. The lowest BCUT2D eigenvalue weighted by Gasteiger charge is -2.35. The number of hydrogen-bond donors (Lipinski definition) is 2. The monoisotopic (exact) mass is 345 g/mol. The van der Waals surface area contributed by atoms with Crippen LogP contribution in [-0.4, -0.2) is 48.7 Å². The number of ether oxygens (including phenoxy) is 1. The molecule has 6 heteroatoms. The standard InChI is InChI=1S/C19H27N3O3/c1-13-11-22(12-14(2)25-13)18(23)17-7-5-16(6-8-17)10-21-19(24)20-9-15-3-4-15/h5-8,13-15H,3-4,9-12H2,1-2H3,(H2,20,21,24). The van der Waals surface area contributed by atoms with Crippen LogP contribution in [0.15, 0.2) is 24.3 Å². The number of amides is 3. The van der Waals surface area contributed by atoms with Gasteiger partial charge in [-0.15, -0.1) is 0 Å². The third kappa shape index (κ3) is 5.19. The number of carbonyl (C=O) groups excluding carboxylic acids is 2. The van der Waals surface area contributed by atoms with Crippen molar-refractivity contribution >= 4 is 11.9 Å². The van der Waals surface area contributed by atoms with E-state index in [1.165, 1.54) is 12.8 Å². The van der Waals surface area contributed by atoms with Gasteiger partial charge < -0.3 is 20.3 Å². The summed E-state index contributed by atoms with van der Waals surface area (Å²) >= 11 is 0. The van der Waals surface area contributed by atoms with E-state index in [2.05, 4.69) is 10.6 Å². The maximum absolute atomic E-state index is 12.6. The van der Waals surface area contributed by atoms with Gasteiger partial charge in [0, 0.05) is 31.7 Å². The average Bonchev–Trinajstić information content (AvgIpc) is 3.41. The molecule has 2 aliphatic rings. The summed E-state index contributed by atoms with van der Waals surface area (Å²) in [6.07, 6.45) is 2.56. The molecule has 2 atom stereocenters. The normalized spacial score (nSPS) is 23.2. The Morgan fingerprint density at radius 2 is 1.72 bits per heavy atom. The van der Waals surface area contributed by atoms with E-state index in [0.29, 0.717) is 31.1 Å². The second kappa shape index (κ2) is 7.87. The van der Waals surface area contributed by atoms with Crippen LogP contribution >= 0.6 is 0 Å². The Labute approximate surface area is 148 Å². The van der Waals surface area contributed by atoms with Gasteiger partial charge >= 0.3 is 6.03 Å². The largest absolute Gasteiger partial charge is 0.372 e.